The van der Waals surface area contributed by atoms with E-state index in [1.807, 2.05) is 0 Å². The van der Waals surface area contributed by atoms with Crippen molar-refractivity contribution in [2.24, 2.45) is 5.92 Å². The van der Waals surface area contributed by atoms with Crippen molar-refractivity contribution in [3.05, 3.63) is 76.3 Å². The van der Waals surface area contributed by atoms with E-state index in [2.05, 4.69) is 15.1 Å². The summed E-state index contributed by atoms with van der Waals surface area (Å²) in [5, 5.41) is 3.75. The van der Waals surface area contributed by atoms with Gasteiger partial charge in [0.15, 0.2) is 16.8 Å². The van der Waals surface area contributed by atoms with E-state index < -0.39 is 17.4 Å². The molecule has 1 atom stereocenters. The van der Waals surface area contributed by atoms with Crippen LogP contribution in [0.2, 0.25) is 0 Å². The molecule has 0 fully saturated rings. The third-order valence-corrected chi connectivity index (χ3v) is 7.28. The number of carbonyl (C=O) groups excluding carboxylic acids is 1. The minimum absolute atomic E-state index is 0.0857. The van der Waals surface area contributed by atoms with Crippen LogP contribution in [0.1, 0.15) is 37.6 Å². The molecular weight excluding hydrogens is 553 g/mol. The molecule has 6 rings (SSSR count). The number of alkyl halides is 3. The maximum atomic E-state index is 14.3. The molecule has 5 aromatic rings. The zero-order chi connectivity index (χ0) is 29.6. The number of aromatic nitrogens is 4. The van der Waals surface area contributed by atoms with Crippen molar-refractivity contribution in [2.75, 3.05) is 13.7 Å². The maximum absolute atomic E-state index is 14.3. The number of oxazole rings is 1. The van der Waals surface area contributed by atoms with Gasteiger partial charge in [0.1, 0.15) is 17.0 Å². The lowest BCUT2D eigenvalue weighted by Crippen LogP contribution is -2.23. The molecule has 1 unspecified atom stereocenters. The number of esters is 1. The lowest BCUT2D eigenvalue weighted by Gasteiger charge is -2.21. The van der Waals surface area contributed by atoms with Crippen LogP contribution < -0.4 is 10.3 Å². The molecule has 216 valence electrons. The van der Waals surface area contributed by atoms with Gasteiger partial charge in [0.25, 0.3) is 5.56 Å². The van der Waals surface area contributed by atoms with Crippen molar-refractivity contribution in [1.82, 2.24) is 19.6 Å². The van der Waals surface area contributed by atoms with E-state index in [1.54, 1.807) is 49.4 Å². The monoisotopic (exact) mass is 578 g/mol. The number of benzene rings is 2. The fourth-order valence-corrected chi connectivity index (χ4v) is 5.32. The molecule has 12 heteroatoms. The minimum atomic E-state index is -4.85. The first-order valence-electron chi connectivity index (χ1n) is 13.3. The SMILES string of the molecule is CCOC(=O)C1CC=C(c2[nH]c3c(-c4ccccc4)c(C(F)(F)F)nn3c(=O)c2-c2nc3c(OC)cccc3o2)CC1. The maximum Gasteiger partial charge on any atom is 0.435 e. The number of methoxy groups -OCH3 is 1. The van der Waals surface area contributed by atoms with Gasteiger partial charge < -0.3 is 18.9 Å². The molecule has 3 heterocycles. The van der Waals surface area contributed by atoms with E-state index >= 15 is 0 Å². The number of nitrogens with one attached hydrogen (secondary N) is 1. The normalized spacial score (nSPS) is 15.6. The summed E-state index contributed by atoms with van der Waals surface area (Å²) in [5.41, 5.74) is -0.724. The Morgan fingerprint density at radius 1 is 1.14 bits per heavy atom. The van der Waals surface area contributed by atoms with Gasteiger partial charge in [0.05, 0.1) is 30.9 Å². The summed E-state index contributed by atoms with van der Waals surface area (Å²) >= 11 is 0. The van der Waals surface area contributed by atoms with Gasteiger partial charge in [-0.1, -0.05) is 42.5 Å². The first-order chi connectivity index (χ1) is 20.2. The quantitative estimate of drug-likeness (QED) is 0.236. The number of para-hydroxylation sites is 1. The Hall–Kier alpha value is -4.87. The smallest absolute Gasteiger partial charge is 0.435 e. The van der Waals surface area contributed by atoms with Gasteiger partial charge in [-0.2, -0.15) is 22.8 Å². The van der Waals surface area contributed by atoms with Gasteiger partial charge in [-0.15, -0.1) is 0 Å². The topological polar surface area (TPSA) is 112 Å². The van der Waals surface area contributed by atoms with Crippen molar-refractivity contribution in [3.8, 4) is 28.3 Å². The molecule has 0 radical (unpaired) electrons. The largest absolute Gasteiger partial charge is 0.494 e. The van der Waals surface area contributed by atoms with E-state index in [9.17, 15) is 22.8 Å². The predicted molar refractivity (Wildman–Crippen MR) is 148 cm³/mol. The zero-order valence-electron chi connectivity index (χ0n) is 22.6. The molecule has 42 heavy (non-hydrogen) atoms. The van der Waals surface area contributed by atoms with Crippen LogP contribution in [-0.4, -0.2) is 39.3 Å². The van der Waals surface area contributed by atoms with Crippen LogP contribution in [0.4, 0.5) is 13.2 Å². The summed E-state index contributed by atoms with van der Waals surface area (Å²) in [6.45, 7) is 1.99. The van der Waals surface area contributed by atoms with E-state index in [0.29, 0.717) is 46.2 Å². The summed E-state index contributed by atoms with van der Waals surface area (Å²) in [6, 6.07) is 13.0. The van der Waals surface area contributed by atoms with Gasteiger partial charge >= 0.3 is 12.1 Å². The van der Waals surface area contributed by atoms with Crippen LogP contribution in [0.25, 0.3) is 44.9 Å². The molecule has 0 bridgehead atoms. The van der Waals surface area contributed by atoms with Gasteiger partial charge in [-0.05, 0) is 49.5 Å². The van der Waals surface area contributed by atoms with E-state index in [0.717, 1.165) is 0 Å². The van der Waals surface area contributed by atoms with Crippen molar-refractivity contribution in [3.63, 3.8) is 0 Å². The number of halogens is 3. The Kier molecular flexibility index (Phi) is 6.83. The highest BCUT2D eigenvalue weighted by molar-refractivity contribution is 5.87. The Morgan fingerprint density at radius 2 is 1.93 bits per heavy atom. The van der Waals surface area contributed by atoms with Crippen LogP contribution in [-0.2, 0) is 15.7 Å². The van der Waals surface area contributed by atoms with Crippen molar-refractivity contribution >= 4 is 28.3 Å². The van der Waals surface area contributed by atoms with Gasteiger partial charge in [0.2, 0.25) is 5.89 Å². The number of hydrogen-bond acceptors (Lipinski definition) is 7. The van der Waals surface area contributed by atoms with Gasteiger partial charge in [-0.25, -0.2) is 4.98 Å². The molecular formula is C30H25F3N4O5. The van der Waals surface area contributed by atoms with Crippen LogP contribution in [0, 0.1) is 5.92 Å². The number of hydrogen-bond donors (Lipinski definition) is 1. The molecule has 0 amide bonds. The first kappa shape index (κ1) is 27.3. The molecule has 1 N–H and O–H groups in total. The number of rotatable bonds is 6. The summed E-state index contributed by atoms with van der Waals surface area (Å²) in [6.07, 6.45) is -1.94. The first-order valence-corrected chi connectivity index (χ1v) is 13.3. The fourth-order valence-electron chi connectivity index (χ4n) is 5.32. The van der Waals surface area contributed by atoms with Crippen molar-refractivity contribution in [2.45, 2.75) is 32.4 Å². The zero-order valence-corrected chi connectivity index (χ0v) is 22.6. The van der Waals surface area contributed by atoms with E-state index in [4.69, 9.17) is 13.9 Å². The highest BCUT2D eigenvalue weighted by Gasteiger charge is 2.40. The summed E-state index contributed by atoms with van der Waals surface area (Å²) < 4.78 is 60.1. The number of allylic oxidation sites excluding steroid dienone is 2. The second-order valence-electron chi connectivity index (χ2n) is 9.81. The fraction of sp³-hybridized carbons (Fsp3) is 0.267. The molecule has 0 aliphatic heterocycles. The summed E-state index contributed by atoms with van der Waals surface area (Å²) in [4.78, 5) is 34.0. The second kappa shape index (κ2) is 10.5. The number of nitrogens with zero attached hydrogens (tertiary/aromatic N) is 3. The Balaban J connectivity index is 1.64. The van der Waals surface area contributed by atoms with Gasteiger partial charge in [-0.3, -0.25) is 9.59 Å². The highest BCUT2D eigenvalue weighted by atomic mass is 19.4. The molecule has 1 aliphatic rings. The molecule has 0 saturated carbocycles. The van der Waals surface area contributed by atoms with Crippen molar-refractivity contribution in [1.29, 1.82) is 0 Å². The molecule has 0 spiro atoms. The lowest BCUT2D eigenvalue weighted by atomic mass is 9.87. The molecule has 0 saturated heterocycles. The van der Waals surface area contributed by atoms with Crippen molar-refractivity contribution < 1.29 is 31.9 Å². The standard InChI is InChI=1S/C30H25F3N4O5/c1-3-41-29(39)18-14-12-17(13-15-18)23-22(27-35-24-19(40-2)10-7-11-20(24)42-27)28(38)37-26(34-23)21(16-8-5-4-6-9-16)25(36-37)30(31,32)33/h4-12,18,34H,3,13-15H2,1-2H3. The number of fused-ring (bicyclic) bond motifs is 2. The average molecular weight is 579 g/mol. The molecule has 3 aromatic heterocycles. The lowest BCUT2D eigenvalue weighted by molar-refractivity contribution is -0.148. The minimum Gasteiger partial charge on any atom is -0.494 e. The van der Waals surface area contributed by atoms with Crippen LogP contribution >= 0.6 is 0 Å². The third kappa shape index (κ3) is 4.62. The number of aromatic amines is 1. The molecule has 9 nitrogen and oxygen atoms in total. The number of ether oxygens (including phenoxy) is 2. The highest BCUT2D eigenvalue weighted by Crippen LogP contribution is 2.41. The molecule has 1 aliphatic carbocycles. The van der Waals surface area contributed by atoms with Gasteiger partial charge in [0, 0.05) is 0 Å². The Morgan fingerprint density at radius 3 is 2.60 bits per heavy atom. The second-order valence-corrected chi connectivity index (χ2v) is 9.81. The van der Waals surface area contributed by atoms with Crippen LogP contribution in [0.5, 0.6) is 5.75 Å². The summed E-state index contributed by atoms with van der Waals surface area (Å²) in [7, 11) is 1.47. The third-order valence-electron chi connectivity index (χ3n) is 7.28. The Bertz CT molecular complexity index is 1900. The van der Waals surface area contributed by atoms with Crippen LogP contribution in [0.3, 0.4) is 0 Å². The number of H-pyrrole nitrogens is 1. The number of carbonyl (C=O) groups is 1. The van der Waals surface area contributed by atoms with E-state index in [-0.39, 0.29) is 52.4 Å². The Labute approximate surface area is 236 Å². The predicted octanol–water partition coefficient (Wildman–Crippen LogP) is 6.27. The van der Waals surface area contributed by atoms with Crippen LogP contribution in [0.15, 0.2) is 63.8 Å². The summed E-state index contributed by atoms with van der Waals surface area (Å²) in [5.74, 6) is -0.389. The average Bonchev–Trinajstić information content (AvgIpc) is 3.60. The van der Waals surface area contributed by atoms with E-state index in [1.165, 1.54) is 19.2 Å². The molecule has 2 aromatic carbocycles.